The van der Waals surface area contributed by atoms with Crippen LogP contribution in [0, 0.1) is 24.4 Å². The van der Waals surface area contributed by atoms with Crippen LogP contribution in [0.2, 0.25) is 0 Å². The van der Waals surface area contributed by atoms with Crippen molar-refractivity contribution in [3.05, 3.63) is 45.0 Å². The summed E-state index contributed by atoms with van der Waals surface area (Å²) in [6.45, 7) is 3.36. The Bertz CT molecular complexity index is 661. The maximum Gasteiger partial charge on any atom is 0.196 e. The first kappa shape index (κ1) is 11.7. The molecule has 1 N–H and O–H groups in total. The van der Waals surface area contributed by atoms with Crippen LogP contribution in [0.25, 0.3) is 10.9 Å². The molecule has 0 saturated carbocycles. The first-order valence-corrected chi connectivity index (χ1v) is 5.16. The van der Waals surface area contributed by atoms with Gasteiger partial charge in [-0.1, -0.05) is 6.92 Å². The van der Waals surface area contributed by atoms with Gasteiger partial charge in [0.15, 0.2) is 22.9 Å². The number of aromatic amines is 1. The van der Waals surface area contributed by atoms with Crippen molar-refractivity contribution in [1.82, 2.24) is 4.98 Å². The van der Waals surface area contributed by atoms with Crippen LogP contribution in [0.1, 0.15) is 18.2 Å². The van der Waals surface area contributed by atoms with Gasteiger partial charge in [0, 0.05) is 11.3 Å². The van der Waals surface area contributed by atoms with Crippen LogP contribution in [0.3, 0.4) is 0 Å². The summed E-state index contributed by atoms with van der Waals surface area (Å²) in [7, 11) is 0. The Labute approximate surface area is 95.1 Å². The lowest BCUT2D eigenvalue weighted by molar-refractivity contribution is 0.452. The molecular weight excluding hydrogens is 231 g/mol. The predicted octanol–water partition coefficient (Wildman–Crippen LogP) is 2.82. The van der Waals surface area contributed by atoms with E-state index >= 15 is 0 Å². The van der Waals surface area contributed by atoms with E-state index < -0.39 is 22.9 Å². The van der Waals surface area contributed by atoms with Crippen LogP contribution in [0.4, 0.5) is 13.2 Å². The fourth-order valence-corrected chi connectivity index (χ4v) is 1.92. The molecule has 0 amide bonds. The number of hydrogen-bond acceptors (Lipinski definition) is 1. The minimum atomic E-state index is -1.57. The first-order chi connectivity index (χ1) is 7.97. The Morgan fingerprint density at radius 3 is 2.47 bits per heavy atom. The Balaban J connectivity index is 3.03. The summed E-state index contributed by atoms with van der Waals surface area (Å²) in [6, 6.07) is 0.727. The number of fused-ring (bicyclic) bond motifs is 1. The van der Waals surface area contributed by atoms with Gasteiger partial charge >= 0.3 is 0 Å². The van der Waals surface area contributed by atoms with E-state index in [1.54, 1.807) is 13.8 Å². The van der Waals surface area contributed by atoms with Crippen LogP contribution < -0.4 is 5.43 Å². The Hall–Kier alpha value is -1.78. The van der Waals surface area contributed by atoms with Gasteiger partial charge in [-0.2, -0.15) is 0 Å². The van der Waals surface area contributed by atoms with Crippen LogP contribution in [0.15, 0.2) is 10.9 Å². The number of pyridine rings is 1. The summed E-state index contributed by atoms with van der Waals surface area (Å²) in [4.78, 5) is 14.5. The molecule has 0 saturated heterocycles. The van der Waals surface area contributed by atoms with E-state index in [9.17, 15) is 18.0 Å². The molecule has 17 heavy (non-hydrogen) atoms. The number of halogens is 3. The van der Waals surface area contributed by atoms with Crippen molar-refractivity contribution in [2.24, 2.45) is 0 Å². The van der Waals surface area contributed by atoms with E-state index in [0.29, 0.717) is 17.7 Å². The standard InChI is InChI=1S/C12H10F3NO/c1-3-6-5(2)16-11-7(12(6)17)4-8(13)9(14)10(11)15/h4H,3H2,1-2H3,(H,16,17). The normalized spacial score (nSPS) is 11.1. The molecule has 0 aliphatic rings. The van der Waals surface area contributed by atoms with Crippen molar-refractivity contribution >= 4 is 10.9 Å². The van der Waals surface area contributed by atoms with Crippen LogP contribution in [-0.4, -0.2) is 4.98 Å². The molecule has 0 radical (unpaired) electrons. The quantitative estimate of drug-likeness (QED) is 0.765. The molecule has 1 aromatic heterocycles. The van der Waals surface area contributed by atoms with Gasteiger partial charge in [-0.3, -0.25) is 4.79 Å². The van der Waals surface area contributed by atoms with Crippen LogP contribution in [0.5, 0.6) is 0 Å². The lowest BCUT2D eigenvalue weighted by Gasteiger charge is -2.07. The lowest BCUT2D eigenvalue weighted by atomic mass is 10.1. The van der Waals surface area contributed by atoms with Crippen molar-refractivity contribution in [1.29, 1.82) is 0 Å². The van der Waals surface area contributed by atoms with Gasteiger partial charge in [0.05, 0.1) is 10.9 Å². The second-order valence-electron chi connectivity index (χ2n) is 3.82. The number of aromatic nitrogens is 1. The average Bonchev–Trinajstić information content (AvgIpc) is 2.29. The highest BCUT2D eigenvalue weighted by atomic mass is 19.2. The summed E-state index contributed by atoms with van der Waals surface area (Å²) in [5.41, 5.74) is 0.165. The second kappa shape index (κ2) is 3.91. The van der Waals surface area contributed by atoms with Gasteiger partial charge < -0.3 is 4.98 Å². The van der Waals surface area contributed by atoms with Gasteiger partial charge in [0.25, 0.3) is 0 Å². The summed E-state index contributed by atoms with van der Waals surface area (Å²) < 4.78 is 39.6. The van der Waals surface area contributed by atoms with E-state index in [2.05, 4.69) is 4.98 Å². The highest BCUT2D eigenvalue weighted by molar-refractivity contribution is 5.80. The summed E-state index contributed by atoms with van der Waals surface area (Å²) in [5, 5.41) is -0.163. The maximum atomic E-state index is 13.5. The zero-order valence-corrected chi connectivity index (χ0v) is 9.33. The second-order valence-corrected chi connectivity index (χ2v) is 3.82. The van der Waals surface area contributed by atoms with E-state index in [-0.39, 0.29) is 10.9 Å². The van der Waals surface area contributed by atoms with Gasteiger partial charge in [-0.25, -0.2) is 13.2 Å². The maximum absolute atomic E-state index is 13.5. The molecule has 0 fully saturated rings. The lowest BCUT2D eigenvalue weighted by Crippen LogP contribution is -2.14. The zero-order valence-electron chi connectivity index (χ0n) is 9.33. The number of hydrogen-bond donors (Lipinski definition) is 1. The fraction of sp³-hybridized carbons (Fsp3) is 0.250. The minimum Gasteiger partial charge on any atom is -0.356 e. The molecule has 0 aliphatic carbocycles. The third kappa shape index (κ3) is 1.62. The predicted molar refractivity (Wildman–Crippen MR) is 58.6 cm³/mol. The molecule has 2 aromatic rings. The highest BCUT2D eigenvalue weighted by Gasteiger charge is 2.17. The van der Waals surface area contributed by atoms with E-state index in [1.165, 1.54) is 0 Å². The SMILES string of the molecule is CCc1c(C)[nH]c2c(F)c(F)c(F)cc2c1=O. The number of rotatable bonds is 1. The van der Waals surface area contributed by atoms with Crippen LogP contribution in [-0.2, 0) is 6.42 Å². The number of nitrogens with one attached hydrogen (secondary N) is 1. The molecule has 1 aromatic carbocycles. The molecule has 1 heterocycles. The largest absolute Gasteiger partial charge is 0.356 e. The summed E-state index contributed by atoms with van der Waals surface area (Å²) in [5.74, 6) is -4.29. The fourth-order valence-electron chi connectivity index (χ4n) is 1.92. The minimum absolute atomic E-state index is 0.163. The average molecular weight is 241 g/mol. The van der Waals surface area contributed by atoms with E-state index in [4.69, 9.17) is 0 Å². The molecule has 0 unspecified atom stereocenters. The molecule has 2 nitrogen and oxygen atoms in total. The zero-order chi connectivity index (χ0) is 12.7. The Morgan fingerprint density at radius 1 is 1.24 bits per heavy atom. The van der Waals surface area contributed by atoms with Gasteiger partial charge in [0.2, 0.25) is 0 Å². The molecular formula is C12H10F3NO. The summed E-state index contributed by atoms with van der Waals surface area (Å²) >= 11 is 0. The van der Waals surface area contributed by atoms with Gasteiger partial charge in [0.1, 0.15) is 0 Å². The van der Waals surface area contributed by atoms with Gasteiger partial charge in [-0.05, 0) is 19.4 Å². The Morgan fingerprint density at radius 2 is 1.88 bits per heavy atom. The molecule has 5 heteroatoms. The third-order valence-corrected chi connectivity index (χ3v) is 2.80. The molecule has 0 atom stereocenters. The van der Waals surface area contributed by atoms with E-state index in [1.807, 2.05) is 0 Å². The first-order valence-electron chi connectivity index (χ1n) is 5.16. The van der Waals surface area contributed by atoms with E-state index in [0.717, 1.165) is 6.07 Å². The van der Waals surface area contributed by atoms with Crippen molar-refractivity contribution in [3.63, 3.8) is 0 Å². The smallest absolute Gasteiger partial charge is 0.196 e. The summed E-state index contributed by atoms with van der Waals surface area (Å²) in [6.07, 6.45) is 0.442. The topological polar surface area (TPSA) is 32.9 Å². The van der Waals surface area contributed by atoms with Crippen molar-refractivity contribution in [2.75, 3.05) is 0 Å². The third-order valence-electron chi connectivity index (χ3n) is 2.80. The molecule has 0 spiro atoms. The molecule has 2 rings (SSSR count). The van der Waals surface area contributed by atoms with Crippen LogP contribution >= 0.6 is 0 Å². The van der Waals surface area contributed by atoms with Crippen molar-refractivity contribution in [3.8, 4) is 0 Å². The molecule has 0 bridgehead atoms. The van der Waals surface area contributed by atoms with Crippen molar-refractivity contribution in [2.45, 2.75) is 20.3 Å². The molecule has 90 valence electrons. The monoisotopic (exact) mass is 241 g/mol. The number of aryl methyl sites for hydroxylation is 1. The van der Waals surface area contributed by atoms with Gasteiger partial charge in [-0.15, -0.1) is 0 Å². The van der Waals surface area contributed by atoms with Crippen molar-refractivity contribution < 1.29 is 13.2 Å². The number of H-pyrrole nitrogens is 1. The molecule has 0 aliphatic heterocycles. The number of benzene rings is 1. The Kier molecular flexibility index (Phi) is 2.69. The highest BCUT2D eigenvalue weighted by Crippen LogP contribution is 2.20.